The second-order valence-electron chi connectivity index (χ2n) is 3.54. The summed E-state index contributed by atoms with van der Waals surface area (Å²) in [5.74, 6) is -0.942. The molecule has 0 aliphatic carbocycles. The van der Waals surface area contributed by atoms with Crippen molar-refractivity contribution < 1.29 is 9.90 Å². The van der Waals surface area contributed by atoms with E-state index in [1.54, 1.807) is 6.07 Å². The van der Waals surface area contributed by atoms with Gasteiger partial charge in [-0.05, 0) is 18.6 Å². The zero-order valence-electron chi connectivity index (χ0n) is 9.08. The fraction of sp³-hybridized carbons (Fsp3) is 0.182. The van der Waals surface area contributed by atoms with Crippen molar-refractivity contribution in [3.05, 3.63) is 50.3 Å². The first-order valence-corrected chi connectivity index (χ1v) is 5.72. The molecule has 0 saturated heterocycles. The molecule has 0 aliphatic rings. The van der Waals surface area contributed by atoms with Crippen LogP contribution < -0.4 is 5.56 Å². The summed E-state index contributed by atoms with van der Waals surface area (Å²) in [6.07, 6.45) is 2.88. The SMILES string of the molecule is Cc1sc(C(=O)O)cc1Cn1cnccc1=O. The first kappa shape index (κ1) is 11.5. The predicted molar refractivity (Wildman–Crippen MR) is 63.6 cm³/mol. The largest absolute Gasteiger partial charge is 0.477 e. The van der Waals surface area contributed by atoms with Crippen molar-refractivity contribution in [1.29, 1.82) is 0 Å². The fourth-order valence-electron chi connectivity index (χ4n) is 1.46. The van der Waals surface area contributed by atoms with Gasteiger partial charge < -0.3 is 5.11 Å². The number of aromatic nitrogens is 2. The number of aryl methyl sites for hydroxylation is 1. The molecule has 2 aromatic rings. The molecule has 0 spiro atoms. The van der Waals surface area contributed by atoms with Crippen LogP contribution in [0.2, 0.25) is 0 Å². The first-order chi connectivity index (χ1) is 8.08. The molecule has 0 saturated carbocycles. The Morgan fingerprint density at radius 2 is 2.35 bits per heavy atom. The van der Waals surface area contributed by atoms with E-state index in [2.05, 4.69) is 4.98 Å². The summed E-state index contributed by atoms with van der Waals surface area (Å²) in [5, 5.41) is 8.87. The Labute approximate surface area is 101 Å². The average molecular weight is 250 g/mol. The van der Waals surface area contributed by atoms with Crippen LogP contribution in [0.1, 0.15) is 20.1 Å². The third-order valence-electron chi connectivity index (χ3n) is 2.36. The maximum absolute atomic E-state index is 11.5. The molecular weight excluding hydrogens is 240 g/mol. The van der Waals surface area contributed by atoms with Gasteiger partial charge in [0.05, 0.1) is 12.9 Å². The Morgan fingerprint density at radius 3 is 2.94 bits per heavy atom. The van der Waals surface area contributed by atoms with E-state index < -0.39 is 5.97 Å². The van der Waals surface area contributed by atoms with Gasteiger partial charge in [0.1, 0.15) is 4.88 Å². The van der Waals surface area contributed by atoms with E-state index in [0.717, 1.165) is 10.4 Å². The minimum absolute atomic E-state index is 0.150. The molecular formula is C11H10N2O3S. The van der Waals surface area contributed by atoms with Crippen LogP contribution in [-0.2, 0) is 6.54 Å². The number of carbonyl (C=O) groups is 1. The van der Waals surface area contributed by atoms with Crippen LogP contribution in [0.15, 0.2) is 29.5 Å². The average Bonchev–Trinajstić information content (AvgIpc) is 2.64. The third-order valence-corrected chi connectivity index (χ3v) is 3.45. The number of hydrogen-bond acceptors (Lipinski definition) is 4. The van der Waals surface area contributed by atoms with Gasteiger partial charge in [0, 0.05) is 17.1 Å². The van der Waals surface area contributed by atoms with E-state index >= 15 is 0 Å². The number of carboxylic acid groups (broad SMARTS) is 1. The molecule has 0 atom stereocenters. The molecule has 88 valence electrons. The van der Waals surface area contributed by atoms with Crippen LogP contribution >= 0.6 is 11.3 Å². The van der Waals surface area contributed by atoms with Crippen molar-refractivity contribution in [3.8, 4) is 0 Å². The minimum atomic E-state index is -0.942. The van der Waals surface area contributed by atoms with Gasteiger partial charge in [0.15, 0.2) is 0 Å². The molecule has 0 amide bonds. The predicted octanol–water partition coefficient (Wildman–Crippen LogP) is 1.36. The van der Waals surface area contributed by atoms with Crippen LogP contribution in [0, 0.1) is 6.92 Å². The van der Waals surface area contributed by atoms with Crippen molar-refractivity contribution in [1.82, 2.24) is 9.55 Å². The molecule has 0 bridgehead atoms. The number of carboxylic acids is 1. The number of thiophene rings is 1. The lowest BCUT2D eigenvalue weighted by Crippen LogP contribution is -2.19. The van der Waals surface area contributed by atoms with Crippen molar-refractivity contribution in [2.24, 2.45) is 0 Å². The lowest BCUT2D eigenvalue weighted by atomic mass is 10.2. The fourth-order valence-corrected chi connectivity index (χ4v) is 2.34. The number of nitrogens with zero attached hydrogens (tertiary/aromatic N) is 2. The highest BCUT2D eigenvalue weighted by Gasteiger charge is 2.11. The Kier molecular flexibility index (Phi) is 3.06. The van der Waals surface area contributed by atoms with Crippen LogP contribution in [0.25, 0.3) is 0 Å². The van der Waals surface area contributed by atoms with E-state index in [0.29, 0.717) is 6.54 Å². The lowest BCUT2D eigenvalue weighted by Gasteiger charge is -2.02. The smallest absolute Gasteiger partial charge is 0.345 e. The molecule has 1 N–H and O–H groups in total. The Bertz CT molecular complexity index is 615. The third kappa shape index (κ3) is 2.42. The van der Waals surface area contributed by atoms with Crippen molar-refractivity contribution in [2.75, 3.05) is 0 Å². The standard InChI is InChI=1S/C11H10N2O3S/c1-7-8(4-9(17-7)11(15)16)5-13-6-12-3-2-10(13)14/h2-4,6H,5H2,1H3,(H,15,16). The van der Waals surface area contributed by atoms with Crippen LogP contribution in [0.5, 0.6) is 0 Å². The first-order valence-electron chi connectivity index (χ1n) is 4.91. The second kappa shape index (κ2) is 4.50. The maximum Gasteiger partial charge on any atom is 0.345 e. The van der Waals surface area contributed by atoms with E-state index in [1.165, 1.54) is 34.5 Å². The highest BCUT2D eigenvalue weighted by Crippen LogP contribution is 2.21. The molecule has 0 unspecified atom stereocenters. The molecule has 2 heterocycles. The summed E-state index contributed by atoms with van der Waals surface area (Å²) in [6, 6.07) is 2.97. The zero-order valence-corrected chi connectivity index (χ0v) is 9.90. The van der Waals surface area contributed by atoms with Gasteiger partial charge in [-0.15, -0.1) is 11.3 Å². The van der Waals surface area contributed by atoms with Crippen molar-refractivity contribution in [3.63, 3.8) is 0 Å². The van der Waals surface area contributed by atoms with E-state index in [4.69, 9.17) is 5.11 Å². The van der Waals surface area contributed by atoms with Crippen LogP contribution in [-0.4, -0.2) is 20.6 Å². The summed E-state index contributed by atoms with van der Waals surface area (Å²) in [7, 11) is 0. The molecule has 0 radical (unpaired) electrons. The molecule has 17 heavy (non-hydrogen) atoms. The van der Waals surface area contributed by atoms with E-state index in [9.17, 15) is 9.59 Å². The Balaban J connectivity index is 2.34. The molecule has 5 nitrogen and oxygen atoms in total. The lowest BCUT2D eigenvalue weighted by molar-refractivity contribution is 0.0702. The van der Waals surface area contributed by atoms with Crippen molar-refractivity contribution in [2.45, 2.75) is 13.5 Å². The molecule has 0 aliphatic heterocycles. The van der Waals surface area contributed by atoms with Gasteiger partial charge in [-0.3, -0.25) is 9.36 Å². The van der Waals surface area contributed by atoms with Gasteiger partial charge in [-0.1, -0.05) is 0 Å². The Hall–Kier alpha value is -1.95. The van der Waals surface area contributed by atoms with Gasteiger partial charge in [0.2, 0.25) is 0 Å². The summed E-state index contributed by atoms with van der Waals surface area (Å²) in [4.78, 5) is 27.4. The molecule has 2 rings (SSSR count). The summed E-state index contributed by atoms with van der Waals surface area (Å²) in [5.41, 5.74) is 0.685. The number of aromatic carboxylic acids is 1. The van der Waals surface area contributed by atoms with Gasteiger partial charge in [-0.25, -0.2) is 9.78 Å². The molecule has 0 aromatic carbocycles. The monoisotopic (exact) mass is 250 g/mol. The summed E-state index contributed by atoms with van der Waals surface area (Å²) in [6.45, 7) is 2.19. The zero-order chi connectivity index (χ0) is 12.4. The quantitative estimate of drug-likeness (QED) is 0.892. The summed E-state index contributed by atoms with van der Waals surface area (Å²) >= 11 is 1.21. The van der Waals surface area contributed by atoms with E-state index in [1.807, 2.05) is 6.92 Å². The van der Waals surface area contributed by atoms with E-state index in [-0.39, 0.29) is 10.4 Å². The van der Waals surface area contributed by atoms with Gasteiger partial charge in [0.25, 0.3) is 5.56 Å². The normalized spacial score (nSPS) is 10.4. The molecule has 6 heteroatoms. The van der Waals surface area contributed by atoms with Gasteiger partial charge in [-0.2, -0.15) is 0 Å². The summed E-state index contributed by atoms with van der Waals surface area (Å²) < 4.78 is 1.45. The van der Waals surface area contributed by atoms with Gasteiger partial charge >= 0.3 is 5.97 Å². The van der Waals surface area contributed by atoms with Crippen LogP contribution in [0.4, 0.5) is 0 Å². The van der Waals surface area contributed by atoms with Crippen molar-refractivity contribution >= 4 is 17.3 Å². The molecule has 2 aromatic heterocycles. The maximum atomic E-state index is 11.5. The molecule has 0 fully saturated rings. The minimum Gasteiger partial charge on any atom is -0.477 e. The number of rotatable bonds is 3. The van der Waals surface area contributed by atoms with Crippen LogP contribution in [0.3, 0.4) is 0 Å². The number of hydrogen-bond donors (Lipinski definition) is 1. The Morgan fingerprint density at radius 1 is 1.59 bits per heavy atom. The highest BCUT2D eigenvalue weighted by atomic mass is 32.1. The second-order valence-corrected chi connectivity index (χ2v) is 4.80. The topological polar surface area (TPSA) is 72.2 Å². The highest BCUT2D eigenvalue weighted by molar-refractivity contribution is 7.14.